The Bertz CT molecular complexity index is 672. The molecule has 1 amide bonds. The number of hydrogen-bond acceptors (Lipinski definition) is 4. The fourth-order valence-corrected chi connectivity index (χ4v) is 2.55. The van der Waals surface area contributed by atoms with Crippen molar-refractivity contribution in [2.45, 2.75) is 19.5 Å². The molecule has 114 valence electrons. The zero-order valence-electron chi connectivity index (χ0n) is 12.5. The molecule has 1 aromatic heterocycles. The molecule has 0 spiro atoms. The summed E-state index contributed by atoms with van der Waals surface area (Å²) in [5, 5.41) is 6.22. The fraction of sp³-hybridized carbons (Fsp3) is 0.294. The van der Waals surface area contributed by atoms with Gasteiger partial charge in [0, 0.05) is 30.5 Å². The van der Waals surface area contributed by atoms with Crippen LogP contribution in [0.25, 0.3) is 0 Å². The molecule has 1 aliphatic rings. The number of nitrogens with zero attached hydrogens (tertiary/aromatic N) is 1. The molecular weight excluding hydrogens is 278 g/mol. The molecule has 3 rings (SSSR count). The number of rotatable bonds is 3. The van der Waals surface area contributed by atoms with Gasteiger partial charge in [-0.05, 0) is 24.6 Å². The normalized spacial score (nSPS) is 17.0. The van der Waals surface area contributed by atoms with Crippen molar-refractivity contribution in [3.8, 4) is 5.75 Å². The number of nitrogens with one attached hydrogen (secondary N) is 2. The Hall–Kier alpha value is -2.40. The zero-order chi connectivity index (χ0) is 15.4. The van der Waals surface area contributed by atoms with E-state index >= 15 is 0 Å². The van der Waals surface area contributed by atoms with Crippen LogP contribution in [0.1, 0.15) is 22.9 Å². The predicted octanol–water partition coefficient (Wildman–Crippen LogP) is 1.73. The molecule has 2 heterocycles. The van der Waals surface area contributed by atoms with Crippen LogP contribution in [-0.4, -0.2) is 24.0 Å². The summed E-state index contributed by atoms with van der Waals surface area (Å²) in [5.74, 6) is 0.714. The third-order valence-electron chi connectivity index (χ3n) is 3.77. The SMILES string of the molecule is Cc1ncccc1CNC(=O)C1NCCOc2ccccc21. The summed E-state index contributed by atoms with van der Waals surface area (Å²) >= 11 is 0. The van der Waals surface area contributed by atoms with Gasteiger partial charge in [0.25, 0.3) is 0 Å². The highest BCUT2D eigenvalue weighted by Gasteiger charge is 2.25. The number of aromatic nitrogens is 1. The first-order valence-electron chi connectivity index (χ1n) is 7.39. The third-order valence-corrected chi connectivity index (χ3v) is 3.77. The van der Waals surface area contributed by atoms with Crippen molar-refractivity contribution in [3.05, 3.63) is 59.4 Å². The van der Waals surface area contributed by atoms with Gasteiger partial charge in [-0.15, -0.1) is 0 Å². The van der Waals surface area contributed by atoms with Crippen LogP contribution in [-0.2, 0) is 11.3 Å². The summed E-state index contributed by atoms with van der Waals surface area (Å²) in [5.41, 5.74) is 2.83. The maximum atomic E-state index is 12.5. The molecule has 2 aromatic rings. The Kier molecular flexibility index (Phi) is 4.34. The minimum Gasteiger partial charge on any atom is -0.492 e. The minimum atomic E-state index is -0.393. The van der Waals surface area contributed by atoms with E-state index in [2.05, 4.69) is 15.6 Å². The number of carbonyl (C=O) groups excluding carboxylic acids is 1. The standard InChI is InChI=1S/C17H19N3O2/c1-12-13(5-4-8-18-12)11-20-17(21)16-14-6-2-3-7-15(14)22-10-9-19-16/h2-8,16,19H,9-11H2,1H3,(H,20,21). The van der Waals surface area contributed by atoms with Crippen molar-refractivity contribution in [1.29, 1.82) is 0 Å². The number of aryl methyl sites for hydroxylation is 1. The van der Waals surface area contributed by atoms with Gasteiger partial charge in [0.1, 0.15) is 18.4 Å². The highest BCUT2D eigenvalue weighted by molar-refractivity contribution is 5.84. The van der Waals surface area contributed by atoms with E-state index in [1.165, 1.54) is 0 Å². The molecule has 5 heteroatoms. The monoisotopic (exact) mass is 297 g/mol. The van der Waals surface area contributed by atoms with E-state index in [0.717, 1.165) is 22.6 Å². The molecule has 22 heavy (non-hydrogen) atoms. The lowest BCUT2D eigenvalue weighted by molar-refractivity contribution is -0.123. The van der Waals surface area contributed by atoms with E-state index in [0.29, 0.717) is 19.7 Å². The van der Waals surface area contributed by atoms with Crippen LogP contribution in [0.15, 0.2) is 42.6 Å². The van der Waals surface area contributed by atoms with Crippen molar-refractivity contribution in [1.82, 2.24) is 15.6 Å². The maximum absolute atomic E-state index is 12.5. The van der Waals surface area contributed by atoms with Gasteiger partial charge >= 0.3 is 0 Å². The summed E-state index contributed by atoms with van der Waals surface area (Å²) in [6.45, 7) is 3.61. The van der Waals surface area contributed by atoms with Crippen LogP contribution in [0.2, 0.25) is 0 Å². The number of pyridine rings is 1. The van der Waals surface area contributed by atoms with Crippen molar-refractivity contribution < 1.29 is 9.53 Å². The Balaban J connectivity index is 1.73. The zero-order valence-corrected chi connectivity index (χ0v) is 12.5. The first-order chi connectivity index (χ1) is 10.8. The van der Waals surface area contributed by atoms with Crippen LogP contribution < -0.4 is 15.4 Å². The van der Waals surface area contributed by atoms with Crippen LogP contribution >= 0.6 is 0 Å². The summed E-state index contributed by atoms with van der Waals surface area (Å²) in [6, 6.07) is 11.1. The molecule has 0 aliphatic carbocycles. The molecule has 1 aromatic carbocycles. The molecule has 0 fully saturated rings. The second kappa shape index (κ2) is 6.58. The maximum Gasteiger partial charge on any atom is 0.242 e. The molecule has 0 saturated heterocycles. The number of fused-ring (bicyclic) bond motifs is 1. The van der Waals surface area contributed by atoms with Crippen molar-refractivity contribution in [3.63, 3.8) is 0 Å². The Morgan fingerprint density at radius 2 is 2.23 bits per heavy atom. The average molecular weight is 297 g/mol. The van der Waals surface area contributed by atoms with Crippen molar-refractivity contribution >= 4 is 5.91 Å². The van der Waals surface area contributed by atoms with Crippen LogP contribution in [0.3, 0.4) is 0 Å². The van der Waals surface area contributed by atoms with Crippen LogP contribution in [0.4, 0.5) is 0 Å². The molecule has 0 radical (unpaired) electrons. The summed E-state index contributed by atoms with van der Waals surface area (Å²) in [6.07, 6.45) is 1.75. The molecule has 0 saturated carbocycles. The summed E-state index contributed by atoms with van der Waals surface area (Å²) in [4.78, 5) is 16.8. The Morgan fingerprint density at radius 1 is 1.36 bits per heavy atom. The Labute approximate surface area is 129 Å². The number of amides is 1. The summed E-state index contributed by atoms with van der Waals surface area (Å²) < 4.78 is 5.66. The van der Waals surface area contributed by atoms with E-state index in [4.69, 9.17) is 4.74 Å². The minimum absolute atomic E-state index is 0.0544. The van der Waals surface area contributed by atoms with Gasteiger partial charge in [0.2, 0.25) is 5.91 Å². The number of hydrogen-bond donors (Lipinski definition) is 2. The van der Waals surface area contributed by atoms with Crippen LogP contribution in [0, 0.1) is 6.92 Å². The largest absolute Gasteiger partial charge is 0.492 e. The lowest BCUT2D eigenvalue weighted by atomic mass is 10.0. The van der Waals surface area contributed by atoms with Gasteiger partial charge in [-0.1, -0.05) is 24.3 Å². The van der Waals surface area contributed by atoms with E-state index in [1.807, 2.05) is 43.3 Å². The average Bonchev–Trinajstić information content (AvgIpc) is 2.76. The second-order valence-corrected chi connectivity index (χ2v) is 5.24. The van der Waals surface area contributed by atoms with Crippen molar-refractivity contribution in [2.24, 2.45) is 0 Å². The molecule has 5 nitrogen and oxygen atoms in total. The quantitative estimate of drug-likeness (QED) is 0.905. The van der Waals surface area contributed by atoms with Crippen molar-refractivity contribution in [2.75, 3.05) is 13.2 Å². The highest BCUT2D eigenvalue weighted by atomic mass is 16.5. The summed E-state index contributed by atoms with van der Waals surface area (Å²) in [7, 11) is 0. The van der Waals surface area contributed by atoms with Gasteiger partial charge < -0.3 is 10.1 Å². The highest BCUT2D eigenvalue weighted by Crippen LogP contribution is 2.27. The number of benzene rings is 1. The molecule has 2 N–H and O–H groups in total. The van der Waals surface area contributed by atoms with Gasteiger partial charge in [0.05, 0.1) is 0 Å². The topological polar surface area (TPSA) is 63.2 Å². The predicted molar refractivity (Wildman–Crippen MR) is 83.5 cm³/mol. The second-order valence-electron chi connectivity index (χ2n) is 5.24. The number of carbonyl (C=O) groups is 1. The van der Waals surface area contributed by atoms with E-state index in [9.17, 15) is 4.79 Å². The van der Waals surface area contributed by atoms with Crippen LogP contribution in [0.5, 0.6) is 5.75 Å². The lowest BCUT2D eigenvalue weighted by Crippen LogP contribution is -2.37. The molecule has 1 atom stereocenters. The van der Waals surface area contributed by atoms with Gasteiger partial charge in [-0.3, -0.25) is 15.1 Å². The third kappa shape index (κ3) is 3.09. The smallest absolute Gasteiger partial charge is 0.242 e. The van der Waals surface area contributed by atoms with Gasteiger partial charge in [-0.25, -0.2) is 0 Å². The van der Waals surface area contributed by atoms with Gasteiger partial charge in [0.15, 0.2) is 0 Å². The first kappa shape index (κ1) is 14.5. The van der Waals surface area contributed by atoms with E-state index in [1.54, 1.807) is 6.20 Å². The molecule has 1 aliphatic heterocycles. The lowest BCUT2D eigenvalue weighted by Gasteiger charge is -2.17. The Morgan fingerprint density at radius 3 is 3.09 bits per heavy atom. The molecular formula is C17H19N3O2. The first-order valence-corrected chi connectivity index (χ1v) is 7.39. The van der Waals surface area contributed by atoms with E-state index < -0.39 is 6.04 Å². The van der Waals surface area contributed by atoms with Gasteiger partial charge in [-0.2, -0.15) is 0 Å². The number of para-hydroxylation sites is 1. The molecule has 0 bridgehead atoms. The van der Waals surface area contributed by atoms with E-state index in [-0.39, 0.29) is 5.91 Å². The number of ether oxygens (including phenoxy) is 1. The fourth-order valence-electron chi connectivity index (χ4n) is 2.55. The molecule has 1 unspecified atom stereocenters.